The van der Waals surface area contributed by atoms with E-state index in [1.54, 1.807) is 34.3 Å². The number of pyridine rings is 1. The molecule has 0 bridgehead atoms. The van der Waals surface area contributed by atoms with Crippen LogP contribution < -0.4 is 5.56 Å². The molecular formula is C14H14N4O2. The molecule has 0 aliphatic carbocycles. The summed E-state index contributed by atoms with van der Waals surface area (Å²) in [6, 6.07) is 3.42. The molecule has 3 rings (SSSR count). The summed E-state index contributed by atoms with van der Waals surface area (Å²) in [4.78, 5) is 28.9. The van der Waals surface area contributed by atoms with E-state index in [1.165, 1.54) is 6.92 Å². The van der Waals surface area contributed by atoms with Crippen LogP contribution in [-0.2, 0) is 6.54 Å². The first kappa shape index (κ1) is 12.5. The lowest BCUT2D eigenvalue weighted by atomic mass is 10.1. The van der Waals surface area contributed by atoms with E-state index in [0.717, 1.165) is 0 Å². The fourth-order valence-electron chi connectivity index (χ4n) is 2.51. The molecule has 3 aromatic heterocycles. The molecule has 6 heteroatoms. The van der Waals surface area contributed by atoms with Gasteiger partial charge in [0, 0.05) is 23.9 Å². The Morgan fingerprint density at radius 3 is 2.80 bits per heavy atom. The van der Waals surface area contributed by atoms with Gasteiger partial charge in [-0.15, -0.1) is 0 Å². The quantitative estimate of drug-likeness (QED) is 0.663. The molecule has 0 radical (unpaired) electrons. The van der Waals surface area contributed by atoms with Crippen LogP contribution in [-0.4, -0.2) is 24.9 Å². The highest BCUT2D eigenvalue weighted by Gasteiger charge is 2.17. The minimum absolute atomic E-state index is 0.147. The van der Waals surface area contributed by atoms with Gasteiger partial charge in [-0.05, 0) is 26.8 Å². The van der Waals surface area contributed by atoms with Crippen LogP contribution in [0.2, 0.25) is 0 Å². The van der Waals surface area contributed by atoms with Crippen LogP contribution in [0.25, 0.3) is 16.7 Å². The van der Waals surface area contributed by atoms with Gasteiger partial charge in [0.05, 0.1) is 11.6 Å². The fourth-order valence-corrected chi connectivity index (χ4v) is 2.51. The highest BCUT2D eigenvalue weighted by molar-refractivity contribution is 6.05. The van der Waals surface area contributed by atoms with Crippen molar-refractivity contribution in [3.63, 3.8) is 0 Å². The van der Waals surface area contributed by atoms with Crippen LogP contribution in [0.15, 0.2) is 23.1 Å². The number of nitrogens with zero attached hydrogens (tertiary/aromatic N) is 4. The average Bonchev–Trinajstić information content (AvgIpc) is 2.87. The summed E-state index contributed by atoms with van der Waals surface area (Å²) in [5.41, 5.74) is 2.00. The van der Waals surface area contributed by atoms with E-state index in [1.807, 2.05) is 6.92 Å². The summed E-state index contributed by atoms with van der Waals surface area (Å²) >= 11 is 0. The zero-order valence-corrected chi connectivity index (χ0v) is 11.5. The largest absolute Gasteiger partial charge is 0.294 e. The molecule has 0 unspecified atom stereocenters. The van der Waals surface area contributed by atoms with Gasteiger partial charge < -0.3 is 0 Å². The third-order valence-electron chi connectivity index (χ3n) is 3.38. The fraction of sp³-hybridized carbons (Fsp3) is 0.286. The molecule has 20 heavy (non-hydrogen) atoms. The number of Topliss-reactive ketones (excluding diaryl/α,β-unsaturated/α-hetero) is 1. The monoisotopic (exact) mass is 270 g/mol. The molecule has 0 aliphatic heterocycles. The van der Waals surface area contributed by atoms with Crippen molar-refractivity contribution in [1.82, 2.24) is 19.2 Å². The third-order valence-corrected chi connectivity index (χ3v) is 3.38. The molecule has 0 spiro atoms. The van der Waals surface area contributed by atoms with Gasteiger partial charge >= 0.3 is 0 Å². The van der Waals surface area contributed by atoms with Crippen LogP contribution in [0.1, 0.15) is 29.9 Å². The Morgan fingerprint density at radius 1 is 1.40 bits per heavy atom. The van der Waals surface area contributed by atoms with Gasteiger partial charge in [0.1, 0.15) is 5.65 Å². The van der Waals surface area contributed by atoms with Crippen LogP contribution in [0.4, 0.5) is 0 Å². The van der Waals surface area contributed by atoms with E-state index in [0.29, 0.717) is 34.5 Å². The van der Waals surface area contributed by atoms with Gasteiger partial charge in [0.25, 0.3) is 5.56 Å². The Kier molecular flexibility index (Phi) is 2.67. The summed E-state index contributed by atoms with van der Waals surface area (Å²) in [5.74, 6) is -0.147. The average molecular weight is 270 g/mol. The Bertz CT molecular complexity index is 905. The third kappa shape index (κ3) is 1.57. The Hall–Kier alpha value is -2.50. The first-order valence-electron chi connectivity index (χ1n) is 6.43. The lowest BCUT2D eigenvalue weighted by Gasteiger charge is -2.11. The number of ketones is 1. The predicted octanol–water partition coefficient (Wildman–Crippen LogP) is 1.58. The van der Waals surface area contributed by atoms with E-state index in [-0.39, 0.29) is 11.3 Å². The second-order valence-electron chi connectivity index (χ2n) is 4.72. The highest BCUT2D eigenvalue weighted by atomic mass is 16.1. The van der Waals surface area contributed by atoms with Crippen LogP contribution in [0, 0.1) is 6.92 Å². The van der Waals surface area contributed by atoms with Crippen molar-refractivity contribution < 1.29 is 4.79 Å². The topological polar surface area (TPSA) is 69.3 Å². The van der Waals surface area contributed by atoms with E-state index in [2.05, 4.69) is 10.1 Å². The number of hydrogen-bond donors (Lipinski definition) is 0. The predicted molar refractivity (Wildman–Crippen MR) is 75.2 cm³/mol. The number of carbonyl (C=O) groups excluding carboxylic acids is 1. The lowest BCUT2D eigenvalue weighted by Crippen LogP contribution is -2.24. The van der Waals surface area contributed by atoms with Crippen LogP contribution >= 0.6 is 0 Å². The standard InChI is InChI=1S/C14H14N4O2/c1-4-17-11-5-6-15-18(11)13-12(14(17)20)10(9(3)19)7-8(2)16-13/h5-7H,4H2,1-3H3. The first-order valence-corrected chi connectivity index (χ1v) is 6.43. The van der Waals surface area contributed by atoms with Gasteiger partial charge in [-0.1, -0.05) is 0 Å². The molecule has 0 atom stereocenters. The number of rotatable bonds is 2. The number of fused-ring (bicyclic) bond motifs is 3. The molecule has 3 heterocycles. The van der Waals surface area contributed by atoms with E-state index in [9.17, 15) is 9.59 Å². The Balaban J connectivity index is 2.69. The minimum atomic E-state index is -0.201. The molecule has 0 amide bonds. The molecule has 0 aliphatic rings. The van der Waals surface area contributed by atoms with Gasteiger partial charge in [0.15, 0.2) is 11.4 Å². The molecule has 0 saturated heterocycles. The smallest absolute Gasteiger partial charge is 0.264 e. The SMILES string of the molecule is CCn1c(=O)c2c(C(C)=O)cc(C)nc2n2nccc12. The molecule has 0 N–H and O–H groups in total. The van der Waals surface area contributed by atoms with Crippen molar-refractivity contribution in [3.8, 4) is 0 Å². The van der Waals surface area contributed by atoms with Crippen LogP contribution in [0.3, 0.4) is 0 Å². The molecule has 102 valence electrons. The maximum Gasteiger partial charge on any atom is 0.264 e. The van der Waals surface area contributed by atoms with Crippen molar-refractivity contribution in [3.05, 3.63) is 39.9 Å². The molecule has 0 saturated carbocycles. The van der Waals surface area contributed by atoms with Gasteiger partial charge in [0.2, 0.25) is 0 Å². The number of aryl methyl sites for hydroxylation is 2. The molecular weight excluding hydrogens is 256 g/mol. The van der Waals surface area contributed by atoms with Gasteiger partial charge in [-0.2, -0.15) is 9.61 Å². The Morgan fingerprint density at radius 2 is 2.15 bits per heavy atom. The summed E-state index contributed by atoms with van der Waals surface area (Å²) in [5, 5.41) is 4.56. The first-order chi connectivity index (χ1) is 9.54. The molecule has 0 fully saturated rings. The molecule has 3 aromatic rings. The zero-order valence-electron chi connectivity index (χ0n) is 11.5. The summed E-state index contributed by atoms with van der Waals surface area (Å²) < 4.78 is 3.21. The van der Waals surface area contributed by atoms with E-state index < -0.39 is 0 Å². The summed E-state index contributed by atoms with van der Waals surface area (Å²) in [6.07, 6.45) is 1.62. The Labute approximate surface area is 114 Å². The van der Waals surface area contributed by atoms with Crippen molar-refractivity contribution >= 4 is 22.5 Å². The number of hydrogen-bond acceptors (Lipinski definition) is 4. The number of aromatic nitrogens is 4. The summed E-state index contributed by atoms with van der Waals surface area (Å²) in [6.45, 7) is 5.65. The van der Waals surface area contributed by atoms with Crippen molar-refractivity contribution in [1.29, 1.82) is 0 Å². The van der Waals surface area contributed by atoms with Crippen molar-refractivity contribution in [2.45, 2.75) is 27.3 Å². The number of carbonyl (C=O) groups is 1. The summed E-state index contributed by atoms with van der Waals surface area (Å²) in [7, 11) is 0. The van der Waals surface area contributed by atoms with Crippen LogP contribution in [0.5, 0.6) is 0 Å². The van der Waals surface area contributed by atoms with E-state index in [4.69, 9.17) is 0 Å². The molecule has 0 aromatic carbocycles. The lowest BCUT2D eigenvalue weighted by molar-refractivity contribution is 0.101. The van der Waals surface area contributed by atoms with Crippen molar-refractivity contribution in [2.24, 2.45) is 0 Å². The second kappa shape index (κ2) is 4.26. The minimum Gasteiger partial charge on any atom is -0.294 e. The maximum absolute atomic E-state index is 12.6. The van der Waals surface area contributed by atoms with Gasteiger partial charge in [-0.25, -0.2) is 4.98 Å². The second-order valence-corrected chi connectivity index (χ2v) is 4.72. The highest BCUT2D eigenvalue weighted by Crippen LogP contribution is 2.17. The zero-order chi connectivity index (χ0) is 14.4. The maximum atomic E-state index is 12.6. The normalized spacial score (nSPS) is 11.3. The van der Waals surface area contributed by atoms with E-state index >= 15 is 0 Å². The van der Waals surface area contributed by atoms with Gasteiger partial charge in [-0.3, -0.25) is 14.2 Å². The van der Waals surface area contributed by atoms with Crippen molar-refractivity contribution in [2.75, 3.05) is 0 Å². The molecule has 6 nitrogen and oxygen atoms in total.